The van der Waals surface area contributed by atoms with Crippen LogP contribution in [0.1, 0.15) is 60.9 Å². The van der Waals surface area contributed by atoms with Gasteiger partial charge in [0.15, 0.2) is 0 Å². The molecule has 1 aromatic rings. The highest BCUT2D eigenvalue weighted by Gasteiger charge is 2.39. The minimum atomic E-state index is -4.48. The Balaban J connectivity index is 0.00000256. The van der Waals surface area contributed by atoms with Crippen LogP contribution in [-0.4, -0.2) is 56.3 Å². The van der Waals surface area contributed by atoms with Gasteiger partial charge in [-0.15, -0.1) is 0 Å². The molecule has 2 atom stereocenters. The minimum Gasteiger partial charge on any atom is -0.496 e. The van der Waals surface area contributed by atoms with Crippen LogP contribution in [0.3, 0.4) is 0 Å². The highest BCUT2D eigenvalue weighted by molar-refractivity contribution is 5.99. The van der Waals surface area contributed by atoms with Gasteiger partial charge in [0.25, 0.3) is 5.91 Å². The summed E-state index contributed by atoms with van der Waals surface area (Å²) in [4.78, 5) is 15.6. The monoisotopic (exact) mass is 414 g/mol. The van der Waals surface area contributed by atoms with Gasteiger partial charge in [-0.1, -0.05) is 0 Å². The van der Waals surface area contributed by atoms with Crippen molar-refractivity contribution in [3.63, 3.8) is 0 Å². The normalized spacial score (nSPS) is 25.8. The molecule has 1 aromatic carbocycles. The molecule has 2 aliphatic heterocycles. The van der Waals surface area contributed by atoms with Crippen molar-refractivity contribution in [1.29, 1.82) is 0 Å². The van der Waals surface area contributed by atoms with E-state index in [1.165, 1.54) is 7.11 Å². The summed E-state index contributed by atoms with van der Waals surface area (Å²) < 4.78 is 50.8. The molecule has 0 aromatic heterocycles. The Bertz CT molecular complexity index is 765. The fraction of sp³-hybridized carbons (Fsp3) is 0.667. The molecule has 1 aliphatic carbocycles. The Labute approximate surface area is 170 Å². The molecule has 1 N–H and O–H groups in total. The highest BCUT2D eigenvalue weighted by atomic mass is 19.4. The zero-order chi connectivity index (χ0) is 20.6. The number of nitrogens with one attached hydrogen (secondary N) is 1. The van der Waals surface area contributed by atoms with Gasteiger partial charge in [0.1, 0.15) is 5.75 Å². The third-order valence-corrected chi connectivity index (χ3v) is 6.17. The van der Waals surface area contributed by atoms with E-state index >= 15 is 0 Å². The zero-order valence-electron chi connectivity index (χ0n) is 16.6. The smallest absolute Gasteiger partial charge is 0.416 e. The SMILES string of the molecule is COc1cc(C(F)(F)F)cc(C2CC2)c1C(=O)N[C@@H]1COCC[C@H]1N1CCCC1.[HH]. The predicted octanol–water partition coefficient (Wildman–Crippen LogP) is 3.82. The molecule has 2 saturated heterocycles. The molecule has 29 heavy (non-hydrogen) atoms. The van der Waals surface area contributed by atoms with Crippen LogP contribution in [0.2, 0.25) is 0 Å². The van der Waals surface area contributed by atoms with Crippen LogP contribution in [0, 0.1) is 0 Å². The Morgan fingerprint density at radius 1 is 1.24 bits per heavy atom. The predicted molar refractivity (Wildman–Crippen MR) is 103 cm³/mol. The number of halogens is 3. The summed E-state index contributed by atoms with van der Waals surface area (Å²) in [6.07, 6.45) is 0.225. The van der Waals surface area contributed by atoms with Crippen molar-refractivity contribution in [1.82, 2.24) is 10.2 Å². The maximum atomic E-state index is 13.3. The summed E-state index contributed by atoms with van der Waals surface area (Å²) in [5.41, 5.74) is -0.110. The Hall–Kier alpha value is -1.80. The molecule has 3 fully saturated rings. The number of methoxy groups -OCH3 is 1. The first-order chi connectivity index (χ1) is 13.9. The maximum absolute atomic E-state index is 13.3. The third kappa shape index (κ3) is 4.38. The van der Waals surface area contributed by atoms with E-state index in [1.54, 1.807) is 0 Å². The molecule has 162 valence electrons. The second-order valence-electron chi connectivity index (χ2n) is 8.17. The maximum Gasteiger partial charge on any atom is 0.416 e. The van der Waals surface area contributed by atoms with Gasteiger partial charge < -0.3 is 14.8 Å². The van der Waals surface area contributed by atoms with Crippen molar-refractivity contribution in [2.75, 3.05) is 33.4 Å². The minimum absolute atomic E-state index is 0. The van der Waals surface area contributed by atoms with Gasteiger partial charge in [-0.05, 0) is 68.8 Å². The van der Waals surface area contributed by atoms with Gasteiger partial charge in [-0.25, -0.2) is 0 Å². The number of ether oxygens (including phenoxy) is 2. The van der Waals surface area contributed by atoms with E-state index in [1.807, 2.05) is 0 Å². The summed E-state index contributed by atoms with van der Waals surface area (Å²) in [6.45, 7) is 3.08. The molecule has 5 nitrogen and oxygen atoms in total. The average molecular weight is 414 g/mol. The van der Waals surface area contributed by atoms with E-state index in [4.69, 9.17) is 9.47 Å². The molecule has 4 rings (SSSR count). The van der Waals surface area contributed by atoms with E-state index in [0.29, 0.717) is 18.8 Å². The standard InChI is InChI=1S/C21H27F3N2O3.H2/c1-28-18-11-14(21(22,23)24)10-15(13-4-5-13)19(18)20(27)25-16-12-29-9-6-17(16)26-7-2-3-8-26;/h10-11,13,16-17H,2-9,12H2,1H3,(H,25,27);1H/t16-,17-;/m1./s1. The molecular weight excluding hydrogens is 385 g/mol. The number of amides is 1. The summed E-state index contributed by atoms with van der Waals surface area (Å²) in [5, 5.41) is 3.05. The number of benzene rings is 1. The van der Waals surface area contributed by atoms with Crippen molar-refractivity contribution in [3.8, 4) is 5.75 Å². The number of nitrogens with zero attached hydrogens (tertiary/aromatic N) is 1. The summed E-state index contributed by atoms with van der Waals surface area (Å²) >= 11 is 0. The van der Waals surface area contributed by atoms with Crippen LogP contribution in [0.15, 0.2) is 12.1 Å². The topological polar surface area (TPSA) is 50.8 Å². The van der Waals surface area contributed by atoms with Crippen molar-refractivity contribution in [3.05, 3.63) is 28.8 Å². The molecule has 8 heteroatoms. The van der Waals surface area contributed by atoms with Gasteiger partial charge in [0.2, 0.25) is 0 Å². The fourth-order valence-electron chi connectivity index (χ4n) is 4.54. The van der Waals surface area contributed by atoms with E-state index in [0.717, 1.165) is 57.3 Å². The van der Waals surface area contributed by atoms with Crippen molar-refractivity contribution >= 4 is 5.91 Å². The number of carbonyl (C=O) groups excluding carboxylic acids is 1. The number of carbonyl (C=O) groups is 1. The molecule has 0 spiro atoms. The first-order valence-electron chi connectivity index (χ1n) is 10.3. The Morgan fingerprint density at radius 2 is 1.97 bits per heavy atom. The van der Waals surface area contributed by atoms with Crippen LogP contribution >= 0.6 is 0 Å². The third-order valence-electron chi connectivity index (χ3n) is 6.17. The summed E-state index contributed by atoms with van der Waals surface area (Å²) in [6, 6.07) is 2.05. The molecule has 3 aliphatic rings. The molecule has 1 saturated carbocycles. The number of alkyl halides is 3. The van der Waals surface area contributed by atoms with E-state index < -0.39 is 11.7 Å². The van der Waals surface area contributed by atoms with E-state index in [9.17, 15) is 18.0 Å². The number of rotatable bonds is 5. The lowest BCUT2D eigenvalue weighted by Crippen LogP contribution is -2.56. The highest BCUT2D eigenvalue weighted by Crippen LogP contribution is 2.46. The molecule has 0 radical (unpaired) electrons. The van der Waals surface area contributed by atoms with Crippen LogP contribution in [0.25, 0.3) is 0 Å². The van der Waals surface area contributed by atoms with Crippen LogP contribution < -0.4 is 10.1 Å². The number of hydrogen-bond donors (Lipinski definition) is 1. The molecule has 0 bridgehead atoms. The zero-order valence-corrected chi connectivity index (χ0v) is 16.6. The lowest BCUT2D eigenvalue weighted by molar-refractivity contribution is -0.137. The van der Waals surface area contributed by atoms with Gasteiger partial charge >= 0.3 is 6.18 Å². The van der Waals surface area contributed by atoms with Gasteiger partial charge in [0, 0.05) is 14.1 Å². The van der Waals surface area contributed by atoms with E-state index in [2.05, 4.69) is 10.2 Å². The largest absolute Gasteiger partial charge is 0.496 e. The average Bonchev–Trinajstić information content (AvgIpc) is 3.40. The lowest BCUT2D eigenvalue weighted by Gasteiger charge is -2.38. The molecule has 1 amide bonds. The molecular formula is C21H29F3N2O3. The van der Waals surface area contributed by atoms with Crippen LogP contribution in [0.5, 0.6) is 5.75 Å². The number of hydrogen-bond acceptors (Lipinski definition) is 4. The number of likely N-dealkylation sites (tertiary alicyclic amines) is 1. The van der Waals surface area contributed by atoms with Gasteiger partial charge in [-0.2, -0.15) is 13.2 Å². The van der Waals surface area contributed by atoms with Crippen molar-refractivity contribution < 1.29 is 28.9 Å². The lowest BCUT2D eigenvalue weighted by atomic mass is 9.96. The Morgan fingerprint density at radius 3 is 2.59 bits per heavy atom. The van der Waals surface area contributed by atoms with Crippen LogP contribution in [-0.2, 0) is 10.9 Å². The first kappa shape index (κ1) is 20.5. The summed E-state index contributed by atoms with van der Waals surface area (Å²) in [7, 11) is 1.31. The van der Waals surface area contributed by atoms with Crippen LogP contribution in [0.4, 0.5) is 13.2 Å². The first-order valence-corrected chi connectivity index (χ1v) is 10.3. The molecule has 0 unspecified atom stereocenters. The van der Waals surface area contributed by atoms with Crippen molar-refractivity contribution in [2.45, 2.75) is 56.3 Å². The van der Waals surface area contributed by atoms with E-state index in [-0.39, 0.29) is 36.6 Å². The van der Waals surface area contributed by atoms with Gasteiger partial charge in [-0.3, -0.25) is 9.69 Å². The van der Waals surface area contributed by atoms with Gasteiger partial charge in [0.05, 0.1) is 30.9 Å². The second-order valence-corrected chi connectivity index (χ2v) is 8.17. The Kier molecular flexibility index (Phi) is 5.75. The fourth-order valence-corrected chi connectivity index (χ4v) is 4.54. The molecule has 2 heterocycles. The van der Waals surface area contributed by atoms with Crippen molar-refractivity contribution in [2.24, 2.45) is 0 Å². The summed E-state index contributed by atoms with van der Waals surface area (Å²) in [5.74, 6) is -0.421. The second kappa shape index (κ2) is 8.14. The quantitative estimate of drug-likeness (QED) is 0.796.